The Morgan fingerprint density at radius 2 is 2.11 bits per heavy atom. The quantitative estimate of drug-likeness (QED) is 0.804. The first kappa shape index (κ1) is 14.0. The Bertz CT molecular complexity index is 495. The van der Waals surface area contributed by atoms with E-state index in [4.69, 9.17) is 11.5 Å². The first-order chi connectivity index (χ1) is 8.24. The molecule has 0 saturated carbocycles. The average Bonchev–Trinajstić information content (AvgIpc) is 2.27. The summed E-state index contributed by atoms with van der Waals surface area (Å²) < 4.78 is 0. The van der Waals surface area contributed by atoms with E-state index < -0.39 is 5.97 Å². The molecule has 1 atom stereocenters. The van der Waals surface area contributed by atoms with Crippen molar-refractivity contribution >= 4 is 11.8 Å². The van der Waals surface area contributed by atoms with Crippen LogP contribution >= 0.6 is 0 Å². The molecule has 0 aliphatic heterocycles. The minimum atomic E-state index is -0.973. The number of hydrogen-bond acceptors (Lipinski definition) is 3. The molecule has 18 heavy (non-hydrogen) atoms. The molecule has 1 unspecified atom stereocenters. The number of terminal acetylenes is 1. The van der Waals surface area contributed by atoms with Crippen LogP contribution in [0, 0.1) is 12.3 Å². The van der Waals surface area contributed by atoms with Crippen molar-refractivity contribution in [3.05, 3.63) is 23.4 Å². The van der Waals surface area contributed by atoms with Crippen LogP contribution in [0.25, 0.3) is 0 Å². The lowest BCUT2D eigenvalue weighted by molar-refractivity contribution is 0.0696. The van der Waals surface area contributed by atoms with Crippen molar-refractivity contribution in [1.29, 1.82) is 0 Å². The van der Waals surface area contributed by atoms with Crippen molar-refractivity contribution in [2.45, 2.75) is 39.2 Å². The first-order valence-electron chi connectivity index (χ1n) is 5.72. The zero-order valence-electron chi connectivity index (χ0n) is 11.1. The van der Waals surface area contributed by atoms with Crippen molar-refractivity contribution in [2.24, 2.45) is 0 Å². The van der Waals surface area contributed by atoms with E-state index >= 15 is 0 Å². The van der Waals surface area contributed by atoms with Gasteiger partial charge in [0.2, 0.25) is 0 Å². The molecule has 0 saturated heterocycles. The van der Waals surface area contributed by atoms with Crippen molar-refractivity contribution in [1.82, 2.24) is 4.98 Å². The molecule has 1 heterocycles. The van der Waals surface area contributed by atoms with Gasteiger partial charge in [-0.2, -0.15) is 0 Å². The summed E-state index contributed by atoms with van der Waals surface area (Å²) in [4.78, 5) is 15.5. The minimum Gasteiger partial charge on any atom is -0.478 e. The number of carboxylic acids is 1. The number of aromatic nitrogens is 1. The summed E-state index contributed by atoms with van der Waals surface area (Å²) in [6.45, 7) is 7.76. The predicted molar refractivity (Wildman–Crippen MR) is 71.8 cm³/mol. The third-order valence-electron chi connectivity index (χ3n) is 2.46. The number of carbonyl (C=O) groups is 1. The summed E-state index contributed by atoms with van der Waals surface area (Å²) in [7, 11) is 0. The fraction of sp³-hybridized carbons (Fsp3) is 0.429. The van der Waals surface area contributed by atoms with E-state index in [1.807, 2.05) is 27.7 Å². The van der Waals surface area contributed by atoms with E-state index in [1.54, 1.807) is 6.07 Å². The molecular weight excluding hydrogens is 228 g/mol. The minimum absolute atomic E-state index is 0.200. The first-order valence-corrected chi connectivity index (χ1v) is 5.72. The monoisotopic (exact) mass is 246 g/mol. The maximum Gasteiger partial charge on any atom is 0.335 e. The Kier molecular flexibility index (Phi) is 3.97. The Hall–Kier alpha value is -2.02. The molecule has 4 nitrogen and oxygen atoms in total. The van der Waals surface area contributed by atoms with Gasteiger partial charge in [0, 0.05) is 11.1 Å². The highest BCUT2D eigenvalue weighted by Crippen LogP contribution is 2.23. The van der Waals surface area contributed by atoms with Crippen LogP contribution in [-0.2, 0) is 5.41 Å². The third-order valence-corrected chi connectivity index (χ3v) is 2.46. The van der Waals surface area contributed by atoms with E-state index in [0.717, 1.165) is 0 Å². The van der Waals surface area contributed by atoms with Gasteiger partial charge in [-0.3, -0.25) is 0 Å². The second-order valence-corrected chi connectivity index (χ2v) is 5.21. The van der Waals surface area contributed by atoms with Gasteiger partial charge in [-0.05, 0) is 19.1 Å². The highest BCUT2D eigenvalue weighted by atomic mass is 16.4. The number of pyridine rings is 1. The zero-order valence-corrected chi connectivity index (χ0v) is 11.1. The maximum atomic E-state index is 11.1. The molecule has 0 spiro atoms. The average molecular weight is 246 g/mol. The van der Waals surface area contributed by atoms with E-state index in [9.17, 15) is 4.79 Å². The lowest BCUT2D eigenvalue weighted by atomic mass is 9.90. The van der Waals surface area contributed by atoms with Crippen LogP contribution in [0.3, 0.4) is 0 Å². The largest absolute Gasteiger partial charge is 0.478 e. The Morgan fingerprint density at radius 3 is 2.56 bits per heavy atom. The lowest BCUT2D eigenvalue weighted by Gasteiger charge is -2.20. The number of hydrogen-bond donors (Lipinski definition) is 2. The fourth-order valence-corrected chi connectivity index (χ4v) is 1.38. The maximum absolute atomic E-state index is 11.1. The summed E-state index contributed by atoms with van der Waals surface area (Å²) in [6.07, 6.45) is 5.28. The summed E-state index contributed by atoms with van der Waals surface area (Å²) >= 11 is 0. The molecule has 1 aromatic heterocycles. The molecule has 0 radical (unpaired) electrons. The molecule has 0 amide bonds. The second-order valence-electron chi connectivity index (χ2n) is 5.21. The van der Waals surface area contributed by atoms with E-state index in [0.29, 0.717) is 11.5 Å². The SMILES string of the molecule is C#CC(C)Nc1cc(C(=O)O)cc(C(C)(C)C)n1. The molecule has 1 rings (SSSR count). The topological polar surface area (TPSA) is 62.2 Å². The van der Waals surface area contributed by atoms with Gasteiger partial charge in [0.15, 0.2) is 0 Å². The Balaban J connectivity index is 3.23. The van der Waals surface area contributed by atoms with Gasteiger partial charge in [-0.25, -0.2) is 9.78 Å². The molecule has 0 fully saturated rings. The summed E-state index contributed by atoms with van der Waals surface area (Å²) in [5, 5.41) is 12.1. The molecular formula is C14H18N2O2. The van der Waals surface area contributed by atoms with Gasteiger partial charge in [-0.15, -0.1) is 6.42 Å². The summed E-state index contributed by atoms with van der Waals surface area (Å²) in [5.74, 6) is 2.04. The van der Waals surface area contributed by atoms with Gasteiger partial charge in [0.05, 0.1) is 11.6 Å². The van der Waals surface area contributed by atoms with Crippen molar-refractivity contribution < 1.29 is 9.90 Å². The van der Waals surface area contributed by atoms with Crippen LogP contribution in [0.5, 0.6) is 0 Å². The van der Waals surface area contributed by atoms with Crippen LogP contribution in [0.15, 0.2) is 12.1 Å². The number of carboxylic acid groups (broad SMARTS) is 1. The molecule has 1 aromatic rings. The predicted octanol–water partition coefficient (Wildman–Crippen LogP) is 2.51. The van der Waals surface area contributed by atoms with Crippen molar-refractivity contribution in [2.75, 3.05) is 5.32 Å². The lowest BCUT2D eigenvalue weighted by Crippen LogP contribution is -2.19. The van der Waals surface area contributed by atoms with Gasteiger partial charge >= 0.3 is 5.97 Å². The molecule has 2 N–H and O–H groups in total. The van der Waals surface area contributed by atoms with Crippen LogP contribution in [0.1, 0.15) is 43.7 Å². The number of anilines is 1. The normalized spacial score (nSPS) is 12.6. The number of aromatic carboxylic acids is 1. The Morgan fingerprint density at radius 1 is 1.50 bits per heavy atom. The second kappa shape index (κ2) is 5.09. The highest BCUT2D eigenvalue weighted by Gasteiger charge is 2.19. The van der Waals surface area contributed by atoms with E-state index in [-0.39, 0.29) is 17.0 Å². The third kappa shape index (κ3) is 3.49. The van der Waals surface area contributed by atoms with Crippen LogP contribution < -0.4 is 5.32 Å². The van der Waals surface area contributed by atoms with E-state index in [1.165, 1.54) is 6.07 Å². The molecule has 96 valence electrons. The fourth-order valence-electron chi connectivity index (χ4n) is 1.38. The smallest absolute Gasteiger partial charge is 0.335 e. The van der Waals surface area contributed by atoms with Gasteiger partial charge in [-0.1, -0.05) is 26.7 Å². The molecule has 0 aromatic carbocycles. The van der Waals surface area contributed by atoms with Gasteiger partial charge in [0.25, 0.3) is 0 Å². The molecule has 0 aliphatic carbocycles. The number of nitrogens with one attached hydrogen (secondary N) is 1. The van der Waals surface area contributed by atoms with Crippen LogP contribution in [0.2, 0.25) is 0 Å². The molecule has 0 aliphatic rings. The van der Waals surface area contributed by atoms with Crippen molar-refractivity contribution in [3.63, 3.8) is 0 Å². The number of nitrogens with zero attached hydrogens (tertiary/aromatic N) is 1. The number of rotatable bonds is 3. The molecule has 4 heteroatoms. The van der Waals surface area contributed by atoms with Gasteiger partial charge in [0.1, 0.15) is 5.82 Å². The van der Waals surface area contributed by atoms with Crippen LogP contribution in [0.4, 0.5) is 5.82 Å². The summed E-state index contributed by atoms with van der Waals surface area (Å²) in [5.41, 5.74) is 0.706. The van der Waals surface area contributed by atoms with E-state index in [2.05, 4.69) is 16.2 Å². The molecule has 0 bridgehead atoms. The standard InChI is InChI=1S/C14H18N2O2/c1-6-9(2)15-12-8-10(13(17)18)7-11(16-12)14(3,4)5/h1,7-9H,2-5H3,(H,15,16)(H,17,18). The van der Waals surface area contributed by atoms with Crippen LogP contribution in [-0.4, -0.2) is 22.1 Å². The summed E-state index contributed by atoms with van der Waals surface area (Å²) in [6, 6.07) is 2.88. The van der Waals surface area contributed by atoms with Crippen molar-refractivity contribution in [3.8, 4) is 12.3 Å². The van der Waals surface area contributed by atoms with Gasteiger partial charge < -0.3 is 10.4 Å². The zero-order chi connectivity index (χ0) is 13.9. The Labute approximate surface area is 107 Å². The highest BCUT2D eigenvalue weighted by molar-refractivity contribution is 5.88.